The van der Waals surface area contributed by atoms with Crippen molar-refractivity contribution in [2.75, 3.05) is 13.1 Å². The van der Waals surface area contributed by atoms with E-state index in [1.165, 1.54) is 4.90 Å². The van der Waals surface area contributed by atoms with E-state index >= 15 is 0 Å². The van der Waals surface area contributed by atoms with E-state index in [1.54, 1.807) is 23.2 Å². The van der Waals surface area contributed by atoms with Gasteiger partial charge >= 0.3 is 6.03 Å². The Bertz CT molecular complexity index is 1120. The molecular weight excluding hydrogens is 438 g/mol. The first-order chi connectivity index (χ1) is 15.6. The number of hydrogen-bond acceptors (Lipinski definition) is 5. The number of amides is 2. The summed E-state index contributed by atoms with van der Waals surface area (Å²) in [5, 5.41) is 20.5. The number of nitriles is 1. The molecule has 2 unspecified atom stereocenters. The molecule has 0 radical (unpaired) electrons. The lowest BCUT2D eigenvalue weighted by Crippen LogP contribution is -2.37. The van der Waals surface area contributed by atoms with Crippen LogP contribution in [0.5, 0.6) is 0 Å². The molecule has 1 aromatic carbocycles. The molecule has 2 aromatic rings. The third-order valence-corrected chi connectivity index (χ3v) is 6.23. The zero-order valence-electron chi connectivity index (χ0n) is 19.1. The number of halogens is 1. The van der Waals surface area contributed by atoms with Gasteiger partial charge in [0.1, 0.15) is 12.3 Å². The van der Waals surface area contributed by atoms with Crippen LogP contribution < -0.4 is 0 Å². The SMILES string of the molecule is CC(C)(C)CC1CC(CN2C(=O)N(Cc3ccc(Cl)cc3)CC2O)=Cc2cnc(C#N)nc21. The Morgan fingerprint density at radius 3 is 2.64 bits per heavy atom. The van der Waals surface area contributed by atoms with Crippen molar-refractivity contribution in [1.29, 1.82) is 5.26 Å². The molecule has 8 heteroatoms. The molecule has 2 aliphatic rings. The first-order valence-corrected chi connectivity index (χ1v) is 11.5. The Labute approximate surface area is 199 Å². The second-order valence-electron chi connectivity index (χ2n) is 10.0. The molecule has 1 aromatic heterocycles. The second kappa shape index (κ2) is 9.12. The molecule has 7 nitrogen and oxygen atoms in total. The highest BCUT2D eigenvalue weighted by atomic mass is 35.5. The van der Waals surface area contributed by atoms with Gasteiger partial charge in [0.15, 0.2) is 0 Å². The highest BCUT2D eigenvalue weighted by Gasteiger charge is 2.37. The summed E-state index contributed by atoms with van der Waals surface area (Å²) in [6.45, 7) is 7.56. The Kier molecular flexibility index (Phi) is 6.42. The molecule has 4 rings (SSSR count). The summed E-state index contributed by atoms with van der Waals surface area (Å²) in [4.78, 5) is 24.9. The number of carbonyl (C=O) groups is 1. The number of nitrogens with zero attached hydrogens (tertiary/aromatic N) is 5. The predicted octanol–water partition coefficient (Wildman–Crippen LogP) is 4.56. The summed E-state index contributed by atoms with van der Waals surface area (Å²) in [5.41, 5.74) is 3.84. The maximum Gasteiger partial charge on any atom is 0.322 e. The van der Waals surface area contributed by atoms with E-state index in [1.807, 2.05) is 24.3 Å². The number of carbonyl (C=O) groups excluding carboxylic acids is 1. The van der Waals surface area contributed by atoms with Crippen LogP contribution in [0.4, 0.5) is 4.79 Å². The normalized spacial score (nSPS) is 20.5. The van der Waals surface area contributed by atoms with Crippen molar-refractivity contribution in [2.45, 2.75) is 52.3 Å². The first-order valence-electron chi connectivity index (χ1n) is 11.1. The molecule has 33 heavy (non-hydrogen) atoms. The molecule has 172 valence electrons. The Morgan fingerprint density at radius 2 is 1.97 bits per heavy atom. The lowest BCUT2D eigenvalue weighted by Gasteiger charge is -2.31. The fourth-order valence-corrected chi connectivity index (χ4v) is 4.75. The molecular formula is C25H28ClN5O2. The second-order valence-corrected chi connectivity index (χ2v) is 10.4. The zero-order valence-corrected chi connectivity index (χ0v) is 19.9. The van der Waals surface area contributed by atoms with Gasteiger partial charge in [0.05, 0.1) is 12.2 Å². The summed E-state index contributed by atoms with van der Waals surface area (Å²) in [6, 6.07) is 9.21. The molecule has 0 spiro atoms. The molecule has 0 bridgehead atoms. The first kappa shape index (κ1) is 23.2. The van der Waals surface area contributed by atoms with Crippen molar-refractivity contribution in [1.82, 2.24) is 19.8 Å². The van der Waals surface area contributed by atoms with Crippen molar-refractivity contribution in [2.24, 2.45) is 5.41 Å². The number of hydrogen-bond donors (Lipinski definition) is 1. The van der Waals surface area contributed by atoms with Gasteiger partial charge in [-0.1, -0.05) is 50.6 Å². The van der Waals surface area contributed by atoms with Crippen LogP contribution >= 0.6 is 11.6 Å². The van der Waals surface area contributed by atoms with E-state index in [9.17, 15) is 15.2 Å². The number of benzene rings is 1. The van der Waals surface area contributed by atoms with E-state index in [-0.39, 0.29) is 29.7 Å². The molecule has 2 heterocycles. The van der Waals surface area contributed by atoms with Crippen molar-refractivity contribution in [3.63, 3.8) is 0 Å². The fourth-order valence-electron chi connectivity index (χ4n) is 4.62. The summed E-state index contributed by atoms with van der Waals surface area (Å²) in [6.07, 6.45) is 4.42. The smallest absolute Gasteiger partial charge is 0.322 e. The van der Waals surface area contributed by atoms with Gasteiger partial charge < -0.3 is 10.0 Å². The minimum absolute atomic E-state index is 0.0699. The largest absolute Gasteiger partial charge is 0.372 e. The van der Waals surface area contributed by atoms with Crippen molar-refractivity contribution in [3.8, 4) is 6.07 Å². The van der Waals surface area contributed by atoms with Crippen LogP contribution in [-0.2, 0) is 6.54 Å². The van der Waals surface area contributed by atoms with Gasteiger partial charge in [-0.15, -0.1) is 0 Å². The fraction of sp³-hybridized carbons (Fsp3) is 0.440. The van der Waals surface area contributed by atoms with Crippen LogP contribution in [0.3, 0.4) is 0 Å². The molecule has 0 saturated carbocycles. The minimum Gasteiger partial charge on any atom is -0.372 e. The molecule has 1 aliphatic heterocycles. The average molecular weight is 466 g/mol. The summed E-state index contributed by atoms with van der Waals surface area (Å²) in [7, 11) is 0. The number of aliphatic hydroxyl groups is 1. The van der Waals surface area contributed by atoms with Crippen molar-refractivity contribution in [3.05, 3.63) is 63.7 Å². The minimum atomic E-state index is -0.870. The van der Waals surface area contributed by atoms with E-state index in [0.717, 1.165) is 35.2 Å². The van der Waals surface area contributed by atoms with Crippen molar-refractivity contribution < 1.29 is 9.90 Å². The summed E-state index contributed by atoms with van der Waals surface area (Å²) in [5.74, 6) is 0.294. The highest BCUT2D eigenvalue weighted by molar-refractivity contribution is 6.30. The molecule has 1 saturated heterocycles. The zero-order chi connectivity index (χ0) is 23.8. The van der Waals surface area contributed by atoms with Gasteiger partial charge in [0.25, 0.3) is 0 Å². The standard InChI is InChI=1S/C25H28ClN5O2/c1-25(2,3)10-18-8-17(9-19-12-28-21(11-27)29-23(18)19)14-31-22(32)15-30(24(31)33)13-16-4-6-20(26)7-5-16/h4-7,9,12,18,22,32H,8,10,13-15H2,1-3H3. The van der Waals surface area contributed by atoms with Crippen LogP contribution in [0.1, 0.15) is 62.2 Å². The number of aromatic nitrogens is 2. The highest BCUT2D eigenvalue weighted by Crippen LogP contribution is 2.40. The van der Waals surface area contributed by atoms with E-state index < -0.39 is 6.23 Å². The maximum atomic E-state index is 13.1. The van der Waals surface area contributed by atoms with E-state index in [4.69, 9.17) is 11.6 Å². The number of fused-ring (bicyclic) bond motifs is 1. The lowest BCUT2D eigenvalue weighted by atomic mass is 9.77. The molecule has 1 aliphatic carbocycles. The van der Waals surface area contributed by atoms with Crippen LogP contribution in [0.15, 0.2) is 36.0 Å². The topological polar surface area (TPSA) is 93.4 Å². The third kappa shape index (κ3) is 5.35. The Hall–Kier alpha value is -2.95. The van der Waals surface area contributed by atoms with Gasteiger partial charge in [-0.3, -0.25) is 4.90 Å². The monoisotopic (exact) mass is 465 g/mol. The number of urea groups is 1. The number of rotatable bonds is 5. The van der Waals surface area contributed by atoms with Gasteiger partial charge in [0, 0.05) is 35.8 Å². The van der Waals surface area contributed by atoms with Crippen LogP contribution in [0, 0.1) is 16.7 Å². The Balaban J connectivity index is 1.53. The molecule has 1 N–H and O–H groups in total. The van der Waals surface area contributed by atoms with Crippen LogP contribution in [0.25, 0.3) is 6.08 Å². The number of aliphatic hydroxyl groups excluding tert-OH is 1. The summed E-state index contributed by atoms with van der Waals surface area (Å²) >= 11 is 5.96. The summed E-state index contributed by atoms with van der Waals surface area (Å²) < 4.78 is 0. The van der Waals surface area contributed by atoms with E-state index in [0.29, 0.717) is 18.1 Å². The van der Waals surface area contributed by atoms with Crippen LogP contribution in [-0.4, -0.2) is 50.2 Å². The average Bonchev–Trinajstić information content (AvgIpc) is 3.01. The van der Waals surface area contributed by atoms with Gasteiger partial charge in [-0.25, -0.2) is 14.8 Å². The van der Waals surface area contributed by atoms with Crippen molar-refractivity contribution >= 4 is 23.7 Å². The lowest BCUT2D eigenvalue weighted by molar-refractivity contribution is 0.0680. The maximum absolute atomic E-state index is 13.1. The number of β-amino-alcohol motifs (C(OH)–C–C–N with tert-alkyl or cyclic N) is 1. The van der Waals surface area contributed by atoms with Gasteiger partial charge in [-0.2, -0.15) is 5.26 Å². The molecule has 1 fully saturated rings. The Morgan fingerprint density at radius 1 is 1.24 bits per heavy atom. The van der Waals surface area contributed by atoms with E-state index in [2.05, 4.69) is 30.7 Å². The molecule has 2 atom stereocenters. The molecule has 2 amide bonds. The van der Waals surface area contributed by atoms with Crippen LogP contribution in [0.2, 0.25) is 5.02 Å². The van der Waals surface area contributed by atoms with Gasteiger partial charge in [-0.05, 0) is 41.5 Å². The van der Waals surface area contributed by atoms with Gasteiger partial charge in [0.2, 0.25) is 5.82 Å². The predicted molar refractivity (Wildman–Crippen MR) is 126 cm³/mol. The quantitative estimate of drug-likeness (QED) is 0.698. The third-order valence-electron chi connectivity index (χ3n) is 5.98.